The molecule has 30 heavy (non-hydrogen) atoms. The summed E-state index contributed by atoms with van der Waals surface area (Å²) in [6.07, 6.45) is 6.50. The number of amides is 1. The highest BCUT2D eigenvalue weighted by Gasteiger charge is 2.48. The molecule has 3 fully saturated rings. The van der Waals surface area contributed by atoms with Crippen molar-refractivity contribution < 1.29 is 9.53 Å². The molecule has 0 unspecified atom stereocenters. The smallest absolute Gasteiger partial charge is 0.254 e. The molecule has 1 aliphatic carbocycles. The minimum Gasteiger partial charge on any atom is -0.497 e. The van der Waals surface area contributed by atoms with Gasteiger partial charge < -0.3 is 9.64 Å². The first kappa shape index (κ1) is 19.6. The molecule has 2 saturated heterocycles. The van der Waals surface area contributed by atoms with E-state index in [1.54, 1.807) is 7.11 Å². The minimum absolute atomic E-state index is 0.185. The van der Waals surface area contributed by atoms with E-state index in [0.29, 0.717) is 17.9 Å². The summed E-state index contributed by atoms with van der Waals surface area (Å²) in [7, 11) is 1.73. The van der Waals surface area contributed by atoms with Gasteiger partial charge in [-0.3, -0.25) is 9.69 Å². The van der Waals surface area contributed by atoms with Crippen LogP contribution < -0.4 is 4.74 Å². The molecule has 3 aliphatic rings. The van der Waals surface area contributed by atoms with Gasteiger partial charge in [0, 0.05) is 49.1 Å². The second-order valence-electron chi connectivity index (χ2n) is 9.16. The van der Waals surface area contributed by atoms with Gasteiger partial charge in [0.15, 0.2) is 0 Å². The zero-order chi connectivity index (χ0) is 20.5. The Labute approximate surface area is 179 Å². The van der Waals surface area contributed by atoms with Crippen LogP contribution in [0.4, 0.5) is 0 Å². The number of carbonyl (C=O) groups excluding carboxylic acids is 1. The SMILES string of the molecule is COc1cccc([C@H]2CN(C(=O)c3ccccc3)[C@@H]3CCN(C4CCCC4)C[C@H]23)c1. The molecule has 3 atom stereocenters. The highest BCUT2D eigenvalue weighted by molar-refractivity contribution is 5.94. The van der Waals surface area contributed by atoms with Gasteiger partial charge in [0.25, 0.3) is 5.91 Å². The summed E-state index contributed by atoms with van der Waals surface area (Å²) in [6.45, 7) is 3.03. The van der Waals surface area contributed by atoms with Crippen molar-refractivity contribution in [3.63, 3.8) is 0 Å². The standard InChI is InChI=1S/C26H32N2O2/c1-30-22-13-7-10-20(16-22)23-18-28(26(29)19-8-3-2-4-9-19)25-14-15-27(17-24(23)25)21-11-5-6-12-21/h2-4,7-10,13,16,21,23-25H,5-6,11-12,14-15,17-18H2,1H3/t23-,24-,25-/m1/s1. The van der Waals surface area contributed by atoms with E-state index in [1.165, 1.54) is 31.2 Å². The number of hydrogen-bond acceptors (Lipinski definition) is 3. The van der Waals surface area contributed by atoms with Gasteiger partial charge in [-0.25, -0.2) is 0 Å². The van der Waals surface area contributed by atoms with Gasteiger partial charge in [0.2, 0.25) is 0 Å². The molecule has 0 radical (unpaired) electrons. The summed E-state index contributed by atoms with van der Waals surface area (Å²) < 4.78 is 5.51. The van der Waals surface area contributed by atoms with E-state index >= 15 is 0 Å². The van der Waals surface area contributed by atoms with Crippen LogP contribution in [0.1, 0.15) is 53.9 Å². The minimum atomic E-state index is 0.185. The number of likely N-dealkylation sites (tertiary alicyclic amines) is 2. The lowest BCUT2D eigenvalue weighted by molar-refractivity contribution is 0.0556. The van der Waals surface area contributed by atoms with Crippen molar-refractivity contribution in [2.75, 3.05) is 26.7 Å². The molecular formula is C26H32N2O2. The van der Waals surface area contributed by atoms with Crippen LogP contribution in [0.2, 0.25) is 0 Å². The van der Waals surface area contributed by atoms with Crippen LogP contribution in [-0.4, -0.2) is 54.5 Å². The first-order valence-corrected chi connectivity index (χ1v) is 11.5. The summed E-state index contributed by atoms with van der Waals surface area (Å²) >= 11 is 0. The summed E-state index contributed by atoms with van der Waals surface area (Å²) in [5.41, 5.74) is 2.11. The summed E-state index contributed by atoms with van der Waals surface area (Å²) in [4.78, 5) is 18.3. The molecule has 4 heteroatoms. The molecular weight excluding hydrogens is 372 g/mol. The van der Waals surface area contributed by atoms with Crippen molar-refractivity contribution in [1.29, 1.82) is 0 Å². The Bertz CT molecular complexity index is 878. The van der Waals surface area contributed by atoms with Crippen LogP contribution in [0.3, 0.4) is 0 Å². The van der Waals surface area contributed by atoms with Gasteiger partial charge in [0.1, 0.15) is 5.75 Å². The van der Waals surface area contributed by atoms with Gasteiger partial charge in [-0.05, 0) is 49.1 Å². The van der Waals surface area contributed by atoms with E-state index in [2.05, 4.69) is 28.0 Å². The molecule has 1 saturated carbocycles. The maximum atomic E-state index is 13.4. The third-order valence-electron chi connectivity index (χ3n) is 7.61. The molecule has 4 nitrogen and oxygen atoms in total. The number of hydrogen-bond donors (Lipinski definition) is 0. The molecule has 158 valence electrons. The Balaban J connectivity index is 1.45. The average Bonchev–Trinajstić information content (AvgIpc) is 3.47. The molecule has 0 spiro atoms. The predicted molar refractivity (Wildman–Crippen MR) is 119 cm³/mol. The molecule has 1 amide bonds. The topological polar surface area (TPSA) is 32.8 Å². The van der Waals surface area contributed by atoms with E-state index in [9.17, 15) is 4.79 Å². The zero-order valence-electron chi connectivity index (χ0n) is 17.9. The monoisotopic (exact) mass is 404 g/mol. The van der Waals surface area contributed by atoms with Crippen LogP contribution in [0.15, 0.2) is 54.6 Å². The lowest BCUT2D eigenvalue weighted by Crippen LogP contribution is -2.50. The number of rotatable bonds is 4. The molecule has 0 aromatic heterocycles. The molecule has 2 heterocycles. The zero-order valence-corrected chi connectivity index (χ0v) is 17.9. The van der Waals surface area contributed by atoms with Crippen molar-refractivity contribution in [2.45, 2.75) is 50.1 Å². The third-order valence-corrected chi connectivity index (χ3v) is 7.61. The van der Waals surface area contributed by atoms with Gasteiger partial charge in [0.05, 0.1) is 7.11 Å². The van der Waals surface area contributed by atoms with E-state index in [1.807, 2.05) is 36.4 Å². The Morgan fingerprint density at radius 2 is 1.77 bits per heavy atom. The second kappa shape index (κ2) is 8.43. The van der Waals surface area contributed by atoms with Crippen LogP contribution in [-0.2, 0) is 0 Å². The largest absolute Gasteiger partial charge is 0.497 e. The number of benzene rings is 2. The fraction of sp³-hybridized carbons (Fsp3) is 0.500. The highest BCUT2D eigenvalue weighted by atomic mass is 16.5. The van der Waals surface area contributed by atoms with Crippen LogP contribution in [0.5, 0.6) is 5.75 Å². The Hall–Kier alpha value is -2.33. The molecule has 0 bridgehead atoms. The van der Waals surface area contributed by atoms with Crippen molar-refractivity contribution >= 4 is 5.91 Å². The van der Waals surface area contributed by atoms with Gasteiger partial charge in [-0.1, -0.05) is 43.2 Å². The molecule has 0 N–H and O–H groups in total. The summed E-state index contributed by atoms with van der Waals surface area (Å²) in [5.74, 6) is 1.94. The van der Waals surface area contributed by atoms with Gasteiger partial charge in [-0.15, -0.1) is 0 Å². The number of ether oxygens (including phenoxy) is 1. The Kier molecular flexibility index (Phi) is 5.51. The van der Waals surface area contributed by atoms with E-state index in [4.69, 9.17) is 4.74 Å². The number of fused-ring (bicyclic) bond motifs is 1. The fourth-order valence-electron chi connectivity index (χ4n) is 6.07. The maximum absolute atomic E-state index is 13.4. The van der Waals surface area contributed by atoms with Crippen LogP contribution in [0.25, 0.3) is 0 Å². The lowest BCUT2D eigenvalue weighted by atomic mass is 9.81. The maximum Gasteiger partial charge on any atom is 0.254 e. The van der Waals surface area contributed by atoms with Crippen LogP contribution in [0, 0.1) is 5.92 Å². The normalized spacial score (nSPS) is 27.2. The van der Waals surface area contributed by atoms with Crippen molar-refractivity contribution in [3.05, 3.63) is 65.7 Å². The first-order chi connectivity index (χ1) is 14.7. The molecule has 2 aliphatic heterocycles. The van der Waals surface area contributed by atoms with Crippen molar-refractivity contribution in [3.8, 4) is 5.75 Å². The van der Waals surface area contributed by atoms with Gasteiger partial charge >= 0.3 is 0 Å². The van der Waals surface area contributed by atoms with Crippen molar-refractivity contribution in [1.82, 2.24) is 9.80 Å². The molecule has 2 aromatic rings. The van der Waals surface area contributed by atoms with E-state index < -0.39 is 0 Å². The number of piperidine rings is 1. The Morgan fingerprint density at radius 3 is 2.53 bits per heavy atom. The summed E-state index contributed by atoms with van der Waals surface area (Å²) in [6, 6.07) is 19.4. The predicted octanol–water partition coefficient (Wildman–Crippen LogP) is 4.57. The average molecular weight is 405 g/mol. The van der Waals surface area contributed by atoms with Crippen LogP contribution >= 0.6 is 0 Å². The molecule has 2 aromatic carbocycles. The molecule has 5 rings (SSSR count). The van der Waals surface area contributed by atoms with E-state index in [0.717, 1.165) is 43.4 Å². The van der Waals surface area contributed by atoms with Crippen molar-refractivity contribution in [2.24, 2.45) is 5.92 Å². The number of methoxy groups -OCH3 is 1. The highest BCUT2D eigenvalue weighted by Crippen LogP contribution is 2.44. The van der Waals surface area contributed by atoms with E-state index in [-0.39, 0.29) is 5.91 Å². The van der Waals surface area contributed by atoms with Gasteiger partial charge in [-0.2, -0.15) is 0 Å². The fourth-order valence-corrected chi connectivity index (χ4v) is 6.07. The quantitative estimate of drug-likeness (QED) is 0.748. The summed E-state index contributed by atoms with van der Waals surface area (Å²) in [5, 5.41) is 0. The number of carbonyl (C=O) groups is 1. The Morgan fingerprint density at radius 1 is 0.967 bits per heavy atom. The lowest BCUT2D eigenvalue weighted by Gasteiger charge is -2.41. The number of nitrogens with zero attached hydrogens (tertiary/aromatic N) is 2. The second-order valence-corrected chi connectivity index (χ2v) is 9.16. The first-order valence-electron chi connectivity index (χ1n) is 11.5. The third kappa shape index (κ3) is 3.62.